The van der Waals surface area contributed by atoms with Crippen molar-refractivity contribution in [2.45, 2.75) is 63.3 Å². The minimum Gasteiger partial charge on any atom is -0.488 e. The summed E-state index contributed by atoms with van der Waals surface area (Å²) in [6.07, 6.45) is -14.9. The second-order valence-corrected chi connectivity index (χ2v) is 11.0. The highest BCUT2D eigenvalue weighted by molar-refractivity contribution is 5.90. The highest BCUT2D eigenvalue weighted by atomic mass is 19.4. The molecule has 272 valence electrons. The van der Waals surface area contributed by atoms with Gasteiger partial charge in [-0.25, -0.2) is 14.8 Å². The average Bonchev–Trinajstić information content (AvgIpc) is 3.04. The molecule has 50 heavy (non-hydrogen) atoms. The van der Waals surface area contributed by atoms with Crippen molar-refractivity contribution in [2.75, 3.05) is 29.6 Å². The SMILES string of the molecule is CC[C@@H]1C[C@H](N(Cc2cc(C(F)(F)F)cc(C(F)(F)F)c2)c2ncc(OCCO)cn2)c2cc(C(F)(F)F)ccc2N1C(=O)OCCC(=O)O. The minimum atomic E-state index is -5.20. The summed E-state index contributed by atoms with van der Waals surface area (Å²) < 4.78 is 135. The number of aromatic nitrogens is 2. The van der Waals surface area contributed by atoms with Crippen LogP contribution in [0.2, 0.25) is 0 Å². The molecular formula is C31H29F9N4O6. The number of ether oxygens (including phenoxy) is 2. The van der Waals surface area contributed by atoms with Crippen molar-refractivity contribution in [3.63, 3.8) is 0 Å². The molecule has 2 aromatic carbocycles. The molecule has 0 aliphatic carbocycles. The molecular weight excluding hydrogens is 695 g/mol. The van der Waals surface area contributed by atoms with Crippen molar-refractivity contribution in [1.29, 1.82) is 0 Å². The van der Waals surface area contributed by atoms with E-state index in [0.717, 1.165) is 28.3 Å². The summed E-state index contributed by atoms with van der Waals surface area (Å²) in [5, 5.41) is 18.0. The third kappa shape index (κ3) is 9.05. The topological polar surface area (TPSA) is 125 Å². The van der Waals surface area contributed by atoms with Gasteiger partial charge >= 0.3 is 30.6 Å². The van der Waals surface area contributed by atoms with Gasteiger partial charge in [-0.2, -0.15) is 39.5 Å². The second kappa shape index (κ2) is 15.0. The van der Waals surface area contributed by atoms with E-state index in [1.807, 2.05) is 0 Å². The Hall–Kier alpha value is -4.81. The van der Waals surface area contributed by atoms with Gasteiger partial charge in [0.2, 0.25) is 5.95 Å². The number of rotatable bonds is 11. The van der Waals surface area contributed by atoms with Crippen molar-refractivity contribution < 1.29 is 68.8 Å². The maximum absolute atomic E-state index is 14.0. The second-order valence-electron chi connectivity index (χ2n) is 11.0. The summed E-state index contributed by atoms with van der Waals surface area (Å²) in [7, 11) is 0. The van der Waals surface area contributed by atoms with Crippen LogP contribution in [0.15, 0.2) is 48.8 Å². The Kier molecular flexibility index (Phi) is 11.4. The highest BCUT2D eigenvalue weighted by Crippen LogP contribution is 2.46. The molecule has 0 saturated heterocycles. The van der Waals surface area contributed by atoms with E-state index in [1.54, 1.807) is 6.92 Å². The van der Waals surface area contributed by atoms with Gasteiger partial charge in [-0.05, 0) is 60.4 Å². The highest BCUT2D eigenvalue weighted by Gasteiger charge is 2.42. The van der Waals surface area contributed by atoms with Gasteiger partial charge in [0.05, 0.1) is 53.8 Å². The number of nitrogens with zero attached hydrogens (tertiary/aromatic N) is 4. The number of benzene rings is 2. The largest absolute Gasteiger partial charge is 0.488 e. The Morgan fingerprint density at radius 3 is 2.02 bits per heavy atom. The van der Waals surface area contributed by atoms with Crippen LogP contribution >= 0.6 is 0 Å². The molecule has 0 saturated carbocycles. The Bertz CT molecular complexity index is 1630. The Morgan fingerprint density at radius 2 is 1.50 bits per heavy atom. The van der Waals surface area contributed by atoms with E-state index in [1.165, 1.54) is 0 Å². The molecule has 0 radical (unpaired) electrons. The summed E-state index contributed by atoms with van der Waals surface area (Å²) >= 11 is 0. The fourth-order valence-corrected chi connectivity index (χ4v) is 5.41. The Morgan fingerprint density at radius 1 is 0.900 bits per heavy atom. The van der Waals surface area contributed by atoms with Crippen LogP contribution in [-0.2, 0) is 34.6 Å². The number of hydrogen-bond acceptors (Lipinski definition) is 8. The maximum atomic E-state index is 14.0. The van der Waals surface area contributed by atoms with Crippen LogP contribution in [0.25, 0.3) is 0 Å². The number of anilines is 2. The quantitative estimate of drug-likeness (QED) is 0.197. The molecule has 0 bridgehead atoms. The molecule has 19 heteroatoms. The lowest BCUT2D eigenvalue weighted by molar-refractivity contribution is -0.143. The predicted octanol–water partition coefficient (Wildman–Crippen LogP) is 7.25. The van der Waals surface area contributed by atoms with Gasteiger partial charge in [-0.15, -0.1) is 0 Å². The maximum Gasteiger partial charge on any atom is 0.416 e. The van der Waals surface area contributed by atoms with Crippen LogP contribution < -0.4 is 14.5 Å². The lowest BCUT2D eigenvalue weighted by Gasteiger charge is -2.44. The van der Waals surface area contributed by atoms with Crippen molar-refractivity contribution in [3.8, 4) is 5.75 Å². The summed E-state index contributed by atoms with van der Waals surface area (Å²) in [6, 6.07) is 1.08. The van der Waals surface area contributed by atoms with Crippen LogP contribution in [0, 0.1) is 0 Å². The van der Waals surface area contributed by atoms with E-state index in [2.05, 4.69) is 9.97 Å². The fourth-order valence-electron chi connectivity index (χ4n) is 5.41. The molecule has 0 spiro atoms. The summed E-state index contributed by atoms with van der Waals surface area (Å²) in [6.45, 7) is -0.292. The van der Waals surface area contributed by atoms with Gasteiger partial charge in [-0.1, -0.05) is 6.92 Å². The van der Waals surface area contributed by atoms with Gasteiger partial charge in [-0.3, -0.25) is 9.69 Å². The molecule has 10 nitrogen and oxygen atoms in total. The number of alkyl halides is 9. The molecule has 1 aliphatic heterocycles. The van der Waals surface area contributed by atoms with E-state index in [9.17, 15) is 49.1 Å². The zero-order valence-corrected chi connectivity index (χ0v) is 25.9. The molecule has 4 rings (SSSR count). The molecule has 1 aromatic heterocycles. The molecule has 1 aliphatic rings. The average molecular weight is 725 g/mol. The number of carbonyl (C=O) groups is 2. The normalized spacial score (nSPS) is 16.5. The summed E-state index contributed by atoms with van der Waals surface area (Å²) in [5.74, 6) is -1.59. The van der Waals surface area contributed by atoms with Crippen molar-refractivity contribution >= 4 is 23.7 Å². The van der Waals surface area contributed by atoms with Crippen LogP contribution in [-0.4, -0.2) is 58.1 Å². The van der Waals surface area contributed by atoms with Gasteiger partial charge in [0.1, 0.15) is 13.2 Å². The number of carboxylic acid groups (broad SMARTS) is 1. The first kappa shape index (κ1) is 38.0. The molecule has 3 aromatic rings. The molecule has 2 atom stereocenters. The number of amides is 1. The first-order valence-corrected chi connectivity index (χ1v) is 14.8. The molecule has 1 amide bonds. The molecule has 0 unspecified atom stereocenters. The molecule has 2 N–H and O–H groups in total. The predicted molar refractivity (Wildman–Crippen MR) is 156 cm³/mol. The van der Waals surface area contributed by atoms with E-state index < -0.39 is 84.5 Å². The number of carbonyl (C=O) groups excluding carboxylic acids is 1. The van der Waals surface area contributed by atoms with Gasteiger partial charge < -0.3 is 24.6 Å². The van der Waals surface area contributed by atoms with Crippen molar-refractivity contribution in [3.05, 3.63) is 76.6 Å². The lowest BCUT2D eigenvalue weighted by Crippen LogP contribution is -2.48. The van der Waals surface area contributed by atoms with Crippen molar-refractivity contribution in [1.82, 2.24) is 9.97 Å². The van der Waals surface area contributed by atoms with Crippen molar-refractivity contribution in [2.24, 2.45) is 0 Å². The number of hydrogen-bond donors (Lipinski definition) is 2. The lowest BCUT2D eigenvalue weighted by atomic mass is 9.87. The van der Waals surface area contributed by atoms with Crippen LogP contribution in [0.5, 0.6) is 5.75 Å². The zero-order chi connectivity index (χ0) is 37.0. The first-order valence-electron chi connectivity index (χ1n) is 14.8. The number of halogens is 9. The zero-order valence-electron chi connectivity index (χ0n) is 25.9. The first-order chi connectivity index (χ1) is 23.3. The van der Waals surface area contributed by atoms with E-state index in [-0.39, 0.29) is 55.1 Å². The van der Waals surface area contributed by atoms with Crippen LogP contribution in [0.1, 0.15) is 60.0 Å². The third-order valence-corrected chi connectivity index (χ3v) is 7.65. The standard InChI is InChI=1S/C31H29F9N4O6/c1-2-21-13-25(23-12-18(29(32,33)34)3-4-24(23)44(21)28(48)50-7-5-26(46)47)43(27-41-14-22(15-42-27)49-8-6-45)16-17-9-19(30(35,36)37)11-20(10-17)31(38,39)40/h3-4,9-12,14-15,21,25,45H,2,5-8,13,16H2,1H3,(H,46,47)/t21-,25+/m1/s1. The summed E-state index contributed by atoms with van der Waals surface area (Å²) in [4.78, 5) is 34.6. The number of aliphatic hydroxyl groups excluding tert-OH is 1. The Labute approximate surface area is 278 Å². The van der Waals surface area contributed by atoms with Gasteiger partial charge in [0.25, 0.3) is 0 Å². The third-order valence-electron chi connectivity index (χ3n) is 7.65. The minimum absolute atomic E-state index is 0.0197. The van der Waals surface area contributed by atoms with Gasteiger partial charge in [0, 0.05) is 12.6 Å². The van der Waals surface area contributed by atoms with Crippen LogP contribution in [0.4, 0.5) is 55.9 Å². The molecule has 0 fully saturated rings. The van der Waals surface area contributed by atoms with Gasteiger partial charge in [0.15, 0.2) is 5.75 Å². The number of aliphatic hydroxyl groups is 1. The molecule has 2 heterocycles. The van der Waals surface area contributed by atoms with E-state index in [4.69, 9.17) is 19.7 Å². The fraction of sp³-hybridized carbons (Fsp3) is 0.419. The monoisotopic (exact) mass is 724 g/mol. The number of aliphatic carboxylic acids is 1. The van der Waals surface area contributed by atoms with Crippen LogP contribution in [0.3, 0.4) is 0 Å². The Balaban J connectivity index is 1.92. The number of fused-ring (bicyclic) bond motifs is 1. The smallest absolute Gasteiger partial charge is 0.416 e. The number of carboxylic acids is 1. The van der Waals surface area contributed by atoms with E-state index >= 15 is 0 Å². The van der Waals surface area contributed by atoms with E-state index in [0.29, 0.717) is 24.3 Å². The summed E-state index contributed by atoms with van der Waals surface area (Å²) in [5.41, 5.74) is -5.31.